The van der Waals surface area contributed by atoms with Crippen LogP contribution in [0.4, 0.5) is 0 Å². The molecule has 0 amide bonds. The Morgan fingerprint density at radius 2 is 0.406 bits per heavy atom. The van der Waals surface area contributed by atoms with Crippen LogP contribution < -0.4 is 0 Å². The van der Waals surface area contributed by atoms with Gasteiger partial charge in [-0.05, 0) is 117 Å². The lowest BCUT2D eigenvalue weighted by atomic mass is 9.91. The van der Waals surface area contributed by atoms with E-state index in [0.29, 0.717) is 0 Å². The molecule has 1 aliphatic rings. The lowest BCUT2D eigenvalue weighted by Crippen LogP contribution is -2.05. The molecule has 2 aromatic rings. The summed E-state index contributed by atoms with van der Waals surface area (Å²) in [5.74, 6) is 7.74. The first kappa shape index (κ1) is 92.3. The van der Waals surface area contributed by atoms with Gasteiger partial charge < -0.3 is 5.53 Å². The van der Waals surface area contributed by atoms with E-state index in [1.165, 1.54) is 469 Å². The van der Waals surface area contributed by atoms with E-state index in [2.05, 4.69) is 89.8 Å². The van der Waals surface area contributed by atoms with Crippen molar-refractivity contribution in [3.05, 3.63) is 86.5 Å². The summed E-state index contributed by atoms with van der Waals surface area (Å²) in [5, 5.41) is 0. The number of nitrogens with zero attached hydrogens (tertiary/aromatic N) is 2. The Morgan fingerprint density at radius 3 is 0.644 bits per heavy atom. The zero-order valence-electron chi connectivity index (χ0n) is 69.4. The monoisotopic (exact) mass is 1390 g/mol. The molecule has 0 saturated heterocycles. The van der Waals surface area contributed by atoms with Gasteiger partial charge in [-0.3, -0.25) is 0 Å². The third-order valence-corrected chi connectivity index (χ3v) is 23.1. The van der Waals surface area contributed by atoms with E-state index in [9.17, 15) is 5.53 Å². The van der Waals surface area contributed by atoms with Gasteiger partial charge in [0.1, 0.15) is 5.57 Å². The van der Waals surface area contributed by atoms with Gasteiger partial charge in [0.25, 0.3) is 0 Å². The average Bonchev–Trinajstić information content (AvgIpc) is 1.61. The summed E-state index contributed by atoms with van der Waals surface area (Å²) < 4.78 is 1.70. The van der Waals surface area contributed by atoms with Crippen LogP contribution in [0, 0.1) is 11.8 Å². The van der Waals surface area contributed by atoms with Crippen molar-refractivity contribution in [1.29, 1.82) is 0 Å². The smallest absolute Gasteiger partial charge is 0.223 e. The number of benzene rings is 2. The minimum atomic E-state index is 0.926. The Balaban J connectivity index is 1.73. The summed E-state index contributed by atoms with van der Waals surface area (Å²) in [6.07, 6.45) is 102. The molecule has 101 heavy (non-hydrogen) atoms. The predicted octanol–water partition coefficient (Wildman–Crippen LogP) is 34.8. The van der Waals surface area contributed by atoms with Gasteiger partial charge in [-0.25, -0.2) is 4.70 Å². The lowest BCUT2D eigenvalue weighted by molar-refractivity contribution is -0.345. The van der Waals surface area contributed by atoms with Crippen LogP contribution in [0.25, 0.3) is 16.9 Å². The van der Waals surface area contributed by atoms with Gasteiger partial charge in [-0.15, -0.1) is 0 Å². The molecule has 1 aliphatic heterocycles. The van der Waals surface area contributed by atoms with E-state index in [1.54, 1.807) is 4.70 Å². The molecule has 3 rings (SSSR count). The molecule has 0 unspecified atom stereocenters. The molecule has 0 fully saturated rings. The van der Waals surface area contributed by atoms with Gasteiger partial charge >= 0.3 is 0 Å². The molecule has 2 aromatic carbocycles. The maximum Gasteiger partial charge on any atom is 0.223 e. The fourth-order valence-electron chi connectivity index (χ4n) is 16.4. The van der Waals surface area contributed by atoms with E-state index in [-0.39, 0.29) is 0 Å². The topological polar surface area (TPSA) is 25.3 Å². The normalized spacial score (nSPS) is 12.5. The van der Waals surface area contributed by atoms with Crippen molar-refractivity contribution < 1.29 is 4.70 Å². The standard InChI is InChI=1S/C99H174N2/c1-7-13-19-24-29-32-35-37-39-41-43-45-47-49-51-53-55-57-59-61-64-69-75-80-92-84-90(78-73-67-27-22-16-10-4)86-94(87-92)98-96(82-72-18-12-6)97(83-77-71-66-63-34-31-26-21-15-9-3)99(101(98)100)95-88-91(79-74-68-28-23-17-11-5)85-93(89-95)81-76-70-65-62-60-58-56-54-52-50-48-46-44-42-40-38-36-33-30-25-20-14-8-2/h84-89H,7-76,78-82H2,1-6H3. The van der Waals surface area contributed by atoms with Gasteiger partial charge in [0.15, 0.2) is 0 Å². The van der Waals surface area contributed by atoms with Gasteiger partial charge in [0, 0.05) is 23.1 Å². The molecule has 0 N–H and O–H groups in total. The summed E-state index contributed by atoms with van der Waals surface area (Å²) in [6.45, 7) is 14.0. The number of allylic oxidation sites excluding steroid dienone is 2. The van der Waals surface area contributed by atoms with Gasteiger partial charge in [0.05, 0.1) is 0 Å². The second-order valence-electron chi connectivity index (χ2n) is 33.0. The quantitative estimate of drug-likeness (QED) is 0.0358. The minimum Gasteiger partial charge on any atom is -0.493 e. The zero-order chi connectivity index (χ0) is 72.0. The van der Waals surface area contributed by atoms with E-state index >= 15 is 0 Å². The van der Waals surface area contributed by atoms with Crippen molar-refractivity contribution in [2.24, 2.45) is 0 Å². The molecule has 1 heterocycles. The maximum absolute atomic E-state index is 13.4. The van der Waals surface area contributed by atoms with Crippen molar-refractivity contribution in [2.45, 2.75) is 523 Å². The van der Waals surface area contributed by atoms with Crippen molar-refractivity contribution in [2.75, 3.05) is 0 Å². The molecular weight excluding hydrogens is 1220 g/mol. The highest BCUT2D eigenvalue weighted by atomic mass is 15.2. The molecule has 0 bridgehead atoms. The summed E-state index contributed by atoms with van der Waals surface area (Å²) in [6, 6.07) is 15.1. The Bertz CT molecular complexity index is 2310. The zero-order valence-corrected chi connectivity index (χ0v) is 69.4. The lowest BCUT2D eigenvalue weighted by Gasteiger charge is -2.15. The number of hydrogen-bond acceptors (Lipinski definition) is 0. The van der Waals surface area contributed by atoms with Gasteiger partial charge in [0.2, 0.25) is 11.4 Å². The van der Waals surface area contributed by atoms with Gasteiger partial charge in [-0.2, -0.15) is 0 Å². The van der Waals surface area contributed by atoms with E-state index in [0.717, 1.165) is 68.3 Å². The Morgan fingerprint density at radius 1 is 0.218 bits per heavy atom. The van der Waals surface area contributed by atoms with Crippen LogP contribution in [0.1, 0.15) is 531 Å². The molecule has 580 valence electrons. The number of rotatable bonds is 76. The third kappa shape index (κ3) is 50.3. The highest BCUT2D eigenvalue weighted by Crippen LogP contribution is 2.44. The van der Waals surface area contributed by atoms with Crippen molar-refractivity contribution in [3.8, 4) is 11.8 Å². The molecular formula is C99H174N2. The largest absolute Gasteiger partial charge is 0.493 e. The Kier molecular flexibility index (Phi) is 64.0. The van der Waals surface area contributed by atoms with Crippen LogP contribution >= 0.6 is 0 Å². The van der Waals surface area contributed by atoms with Crippen molar-refractivity contribution >= 4 is 11.4 Å². The predicted molar refractivity (Wildman–Crippen MR) is 455 cm³/mol. The third-order valence-electron chi connectivity index (χ3n) is 23.1. The highest BCUT2D eigenvalue weighted by Gasteiger charge is 2.36. The van der Waals surface area contributed by atoms with Crippen LogP contribution in [0.2, 0.25) is 0 Å². The minimum absolute atomic E-state index is 0.926. The van der Waals surface area contributed by atoms with Crippen LogP contribution in [0.5, 0.6) is 0 Å². The Labute approximate surface area is 633 Å². The summed E-state index contributed by atoms with van der Waals surface area (Å²) in [5.41, 5.74) is 26.0. The van der Waals surface area contributed by atoms with E-state index in [1.807, 2.05) is 0 Å². The van der Waals surface area contributed by atoms with Crippen LogP contribution in [0.15, 0.2) is 47.5 Å². The van der Waals surface area contributed by atoms with Crippen LogP contribution in [-0.4, -0.2) is 4.70 Å². The molecule has 0 atom stereocenters. The number of unbranched alkanes of at least 4 members (excludes halogenated alkanes) is 64. The van der Waals surface area contributed by atoms with Gasteiger partial charge in [-0.1, -0.05) is 470 Å². The first-order valence-electron chi connectivity index (χ1n) is 46.7. The van der Waals surface area contributed by atoms with Crippen molar-refractivity contribution in [1.82, 2.24) is 0 Å². The molecule has 0 spiro atoms. The second-order valence-corrected chi connectivity index (χ2v) is 33.0. The number of hydrogen-bond donors (Lipinski definition) is 0. The Hall–Kier alpha value is -2.92. The summed E-state index contributed by atoms with van der Waals surface area (Å²) >= 11 is 0. The first-order chi connectivity index (χ1) is 50.0. The molecule has 2 nitrogen and oxygen atoms in total. The second kappa shape index (κ2) is 70.1. The van der Waals surface area contributed by atoms with Crippen LogP contribution in [-0.2, 0) is 25.7 Å². The van der Waals surface area contributed by atoms with Crippen LogP contribution in [0.3, 0.4) is 0 Å². The molecule has 0 radical (unpaired) electrons. The SMILES string of the molecule is CCCCCCCCCCC#CC1=C(c2cc(CCCCCCCC)cc(CCCCCCCCCCCCCCCCCCCCCCCCC)c2)[N+](=[N-])C(c2cc(CCCCCCCC)cc(CCCCCCCCCCCCCCCCCCCCCCCCC)c2)=C1CCCCC. The molecule has 0 aliphatic carbocycles. The first-order valence-corrected chi connectivity index (χ1v) is 46.7. The summed E-state index contributed by atoms with van der Waals surface area (Å²) in [7, 11) is 0. The maximum atomic E-state index is 13.4. The number of aryl methyl sites for hydroxylation is 4. The fourth-order valence-corrected chi connectivity index (χ4v) is 16.4. The van der Waals surface area contributed by atoms with Crippen molar-refractivity contribution in [3.63, 3.8) is 0 Å². The van der Waals surface area contributed by atoms with E-state index in [4.69, 9.17) is 0 Å². The summed E-state index contributed by atoms with van der Waals surface area (Å²) in [4.78, 5) is 0. The fraction of sp³-hybridized carbons (Fsp3) is 0.818. The highest BCUT2D eigenvalue weighted by molar-refractivity contribution is 5.86. The van der Waals surface area contributed by atoms with E-state index < -0.39 is 0 Å². The molecule has 0 aromatic heterocycles. The molecule has 0 saturated carbocycles. The average molecular weight is 1390 g/mol. The molecule has 2 heteroatoms.